The number of carboxylic acid groups (broad SMARTS) is 1. The van der Waals surface area contributed by atoms with Gasteiger partial charge in [0.05, 0.1) is 0 Å². The first-order chi connectivity index (χ1) is 8.47. The maximum atomic E-state index is 10.7. The lowest BCUT2D eigenvalue weighted by Gasteiger charge is -2.05. The average Bonchev–Trinajstić information content (AvgIpc) is 2.74. The zero-order valence-corrected chi connectivity index (χ0v) is 11.0. The summed E-state index contributed by atoms with van der Waals surface area (Å²) in [5, 5.41) is 9.78. The number of carbonyl (C=O) groups is 1. The van der Waals surface area contributed by atoms with E-state index < -0.39 is 5.97 Å². The Morgan fingerprint density at radius 3 is 2.33 bits per heavy atom. The number of nitrogens with zero attached hydrogens (tertiary/aromatic N) is 2. The Morgan fingerprint density at radius 2 is 1.83 bits per heavy atom. The highest BCUT2D eigenvalue weighted by Crippen LogP contribution is 2.27. The van der Waals surface area contributed by atoms with Crippen LogP contribution in [0.25, 0.3) is 0 Å². The summed E-state index contributed by atoms with van der Waals surface area (Å²) in [5.41, 5.74) is 2.88. The molecule has 0 unspecified atom stereocenters. The summed E-state index contributed by atoms with van der Waals surface area (Å²) in [7, 11) is 0. The van der Waals surface area contributed by atoms with Crippen molar-refractivity contribution in [2.24, 2.45) is 0 Å². The van der Waals surface area contributed by atoms with Crippen molar-refractivity contribution in [1.29, 1.82) is 0 Å². The van der Waals surface area contributed by atoms with Crippen LogP contribution in [0.5, 0.6) is 0 Å². The normalized spacial score (nSPS) is 10.6. The number of hydrogen-bond acceptors (Lipinski definition) is 5. The molecule has 2 rings (SSSR count). The zero-order valence-electron chi connectivity index (χ0n) is 10.2. The second-order valence-corrected chi connectivity index (χ2v) is 4.80. The minimum atomic E-state index is -1.08. The maximum Gasteiger partial charge on any atom is 0.371 e. The van der Waals surface area contributed by atoms with Gasteiger partial charge in [0.2, 0.25) is 5.76 Å². The molecule has 0 aliphatic heterocycles. The van der Waals surface area contributed by atoms with E-state index >= 15 is 0 Å². The third-order valence-electron chi connectivity index (χ3n) is 2.60. The van der Waals surface area contributed by atoms with E-state index in [0.717, 1.165) is 17.0 Å². The largest absolute Gasteiger partial charge is 0.475 e. The SMILES string of the molecule is Cc1nc(Sc2ccc(C(=O)O)o2)nc(C)c1C. The van der Waals surface area contributed by atoms with Crippen LogP contribution in [0.15, 0.2) is 26.8 Å². The van der Waals surface area contributed by atoms with Crippen LogP contribution in [-0.2, 0) is 0 Å². The van der Waals surface area contributed by atoms with Crippen LogP contribution in [-0.4, -0.2) is 21.0 Å². The van der Waals surface area contributed by atoms with E-state index in [1.807, 2.05) is 20.8 Å². The molecule has 0 aliphatic carbocycles. The quantitative estimate of drug-likeness (QED) is 0.859. The summed E-state index contributed by atoms with van der Waals surface area (Å²) in [6, 6.07) is 3.01. The van der Waals surface area contributed by atoms with Crippen molar-refractivity contribution in [2.75, 3.05) is 0 Å². The van der Waals surface area contributed by atoms with E-state index in [1.54, 1.807) is 6.07 Å². The fraction of sp³-hybridized carbons (Fsp3) is 0.250. The maximum absolute atomic E-state index is 10.7. The van der Waals surface area contributed by atoms with E-state index in [9.17, 15) is 4.79 Å². The Bertz CT molecular complexity index is 584. The predicted octanol–water partition coefficient (Wildman–Crippen LogP) is 2.84. The molecule has 0 atom stereocenters. The highest BCUT2D eigenvalue weighted by Gasteiger charge is 2.12. The number of rotatable bonds is 3. The standard InChI is InChI=1S/C12H12N2O3S/c1-6-7(2)13-12(14-8(6)3)18-10-5-4-9(17-10)11(15)16/h4-5H,1-3H3,(H,15,16). The molecule has 2 aromatic heterocycles. The molecule has 18 heavy (non-hydrogen) atoms. The fourth-order valence-corrected chi connectivity index (χ4v) is 2.18. The van der Waals surface area contributed by atoms with Gasteiger partial charge in [-0.05, 0) is 50.2 Å². The minimum absolute atomic E-state index is 0.0851. The van der Waals surface area contributed by atoms with Crippen molar-refractivity contribution in [3.8, 4) is 0 Å². The molecule has 0 fully saturated rings. The second kappa shape index (κ2) is 4.81. The van der Waals surface area contributed by atoms with Crippen molar-refractivity contribution in [2.45, 2.75) is 31.0 Å². The second-order valence-electron chi connectivity index (χ2n) is 3.83. The topological polar surface area (TPSA) is 76.2 Å². The molecule has 0 aromatic carbocycles. The van der Waals surface area contributed by atoms with Gasteiger partial charge in [0.1, 0.15) is 0 Å². The Labute approximate surface area is 108 Å². The summed E-state index contributed by atoms with van der Waals surface area (Å²) in [5.74, 6) is -1.17. The Hall–Kier alpha value is -1.82. The van der Waals surface area contributed by atoms with E-state index in [4.69, 9.17) is 9.52 Å². The molecule has 2 aromatic rings. The van der Waals surface area contributed by atoms with Crippen LogP contribution in [0.4, 0.5) is 0 Å². The van der Waals surface area contributed by atoms with Crippen molar-refractivity contribution >= 4 is 17.7 Å². The van der Waals surface area contributed by atoms with Crippen LogP contribution >= 0.6 is 11.8 Å². The molecule has 2 heterocycles. The lowest BCUT2D eigenvalue weighted by molar-refractivity contribution is 0.0656. The van der Waals surface area contributed by atoms with Gasteiger partial charge in [0.25, 0.3) is 0 Å². The predicted molar refractivity (Wildman–Crippen MR) is 66.0 cm³/mol. The van der Waals surface area contributed by atoms with Crippen molar-refractivity contribution in [1.82, 2.24) is 9.97 Å². The first-order valence-corrected chi connectivity index (χ1v) is 6.12. The number of aryl methyl sites for hydroxylation is 2. The molecule has 0 saturated carbocycles. The van der Waals surface area contributed by atoms with Gasteiger partial charge in [-0.2, -0.15) is 0 Å². The third-order valence-corrected chi connectivity index (χ3v) is 3.38. The van der Waals surface area contributed by atoms with Crippen LogP contribution in [0.2, 0.25) is 0 Å². The van der Waals surface area contributed by atoms with Gasteiger partial charge in [-0.25, -0.2) is 14.8 Å². The molecule has 0 amide bonds. The monoisotopic (exact) mass is 264 g/mol. The first-order valence-electron chi connectivity index (χ1n) is 5.30. The molecule has 0 saturated heterocycles. The number of furan rings is 1. The highest BCUT2D eigenvalue weighted by atomic mass is 32.2. The molecule has 0 radical (unpaired) electrons. The van der Waals surface area contributed by atoms with E-state index in [0.29, 0.717) is 10.2 Å². The van der Waals surface area contributed by atoms with Gasteiger partial charge < -0.3 is 9.52 Å². The van der Waals surface area contributed by atoms with Gasteiger partial charge >= 0.3 is 5.97 Å². The van der Waals surface area contributed by atoms with Crippen molar-refractivity contribution in [3.05, 3.63) is 34.8 Å². The molecular weight excluding hydrogens is 252 g/mol. The van der Waals surface area contributed by atoms with Gasteiger partial charge in [-0.3, -0.25) is 0 Å². The highest BCUT2D eigenvalue weighted by molar-refractivity contribution is 7.99. The van der Waals surface area contributed by atoms with Crippen LogP contribution in [0, 0.1) is 20.8 Å². The number of aromatic nitrogens is 2. The summed E-state index contributed by atoms with van der Waals surface area (Å²) >= 11 is 1.21. The van der Waals surface area contributed by atoms with Crippen LogP contribution in [0.3, 0.4) is 0 Å². The number of hydrogen-bond donors (Lipinski definition) is 1. The molecule has 6 heteroatoms. The van der Waals surface area contributed by atoms with Gasteiger partial charge in [0, 0.05) is 11.4 Å². The van der Waals surface area contributed by atoms with Gasteiger partial charge in [0.15, 0.2) is 10.2 Å². The molecule has 5 nitrogen and oxygen atoms in total. The van der Waals surface area contributed by atoms with E-state index in [2.05, 4.69) is 9.97 Å². The smallest absolute Gasteiger partial charge is 0.371 e. The minimum Gasteiger partial charge on any atom is -0.475 e. The van der Waals surface area contributed by atoms with E-state index in [1.165, 1.54) is 17.8 Å². The summed E-state index contributed by atoms with van der Waals surface area (Å²) < 4.78 is 5.14. The summed E-state index contributed by atoms with van der Waals surface area (Å²) in [6.07, 6.45) is 0. The fourth-order valence-electron chi connectivity index (χ4n) is 1.37. The average molecular weight is 264 g/mol. The van der Waals surface area contributed by atoms with Gasteiger partial charge in [-0.15, -0.1) is 0 Å². The van der Waals surface area contributed by atoms with E-state index in [-0.39, 0.29) is 5.76 Å². The lowest BCUT2D eigenvalue weighted by Crippen LogP contribution is -1.97. The molecule has 0 aliphatic rings. The molecule has 0 bridgehead atoms. The number of carboxylic acids is 1. The Morgan fingerprint density at radius 1 is 1.22 bits per heavy atom. The summed E-state index contributed by atoms with van der Waals surface area (Å²) in [6.45, 7) is 5.80. The summed E-state index contributed by atoms with van der Waals surface area (Å²) in [4.78, 5) is 19.3. The van der Waals surface area contributed by atoms with Crippen molar-refractivity contribution < 1.29 is 14.3 Å². The lowest BCUT2D eigenvalue weighted by atomic mass is 10.2. The molecule has 0 spiro atoms. The molecule has 1 N–H and O–H groups in total. The zero-order chi connectivity index (χ0) is 13.3. The Balaban J connectivity index is 2.25. The first kappa shape index (κ1) is 12.6. The van der Waals surface area contributed by atoms with Gasteiger partial charge in [-0.1, -0.05) is 0 Å². The van der Waals surface area contributed by atoms with Crippen LogP contribution < -0.4 is 0 Å². The molecule has 94 valence electrons. The van der Waals surface area contributed by atoms with Crippen LogP contribution in [0.1, 0.15) is 27.5 Å². The Kier molecular flexibility index (Phi) is 3.38. The van der Waals surface area contributed by atoms with Crippen molar-refractivity contribution in [3.63, 3.8) is 0 Å². The number of aromatic carboxylic acids is 1. The molecular formula is C12H12N2O3S. The third kappa shape index (κ3) is 2.53.